The summed E-state index contributed by atoms with van der Waals surface area (Å²) < 4.78 is 28.1. The van der Waals surface area contributed by atoms with E-state index in [0.29, 0.717) is 5.69 Å². The third-order valence-electron chi connectivity index (χ3n) is 5.71. The van der Waals surface area contributed by atoms with Gasteiger partial charge in [-0.1, -0.05) is 68.0 Å². The molecule has 0 unspecified atom stereocenters. The van der Waals surface area contributed by atoms with Crippen LogP contribution in [0.3, 0.4) is 0 Å². The third kappa shape index (κ3) is 5.63. The molecule has 1 N–H and O–H groups in total. The van der Waals surface area contributed by atoms with E-state index >= 15 is 0 Å². The summed E-state index contributed by atoms with van der Waals surface area (Å²) in [5, 5.41) is 3.10. The van der Waals surface area contributed by atoms with E-state index in [9.17, 15) is 13.2 Å². The fourth-order valence-corrected chi connectivity index (χ4v) is 5.62. The van der Waals surface area contributed by atoms with Gasteiger partial charge in [0.05, 0.1) is 10.6 Å². The lowest BCUT2D eigenvalue weighted by Gasteiger charge is -2.27. The van der Waals surface area contributed by atoms with Gasteiger partial charge in [0, 0.05) is 6.04 Å². The molecule has 0 radical (unpaired) electrons. The molecule has 162 valence electrons. The minimum Gasteiger partial charge on any atom is -0.352 e. The van der Waals surface area contributed by atoms with Gasteiger partial charge in [-0.25, -0.2) is 8.42 Å². The van der Waals surface area contributed by atoms with Crippen LogP contribution in [0, 0.1) is 13.8 Å². The van der Waals surface area contributed by atoms with Crippen LogP contribution in [0.25, 0.3) is 0 Å². The normalized spacial score (nSPS) is 15.8. The molecule has 0 atom stereocenters. The van der Waals surface area contributed by atoms with Crippen molar-refractivity contribution in [2.45, 2.75) is 69.7 Å². The van der Waals surface area contributed by atoms with Gasteiger partial charge < -0.3 is 5.32 Å². The largest absolute Gasteiger partial charge is 0.352 e. The number of rotatable bonds is 6. The topological polar surface area (TPSA) is 66.5 Å². The molecule has 30 heavy (non-hydrogen) atoms. The van der Waals surface area contributed by atoms with Crippen LogP contribution in [0.2, 0.25) is 0 Å². The molecule has 0 aliphatic heterocycles. The minimum absolute atomic E-state index is 0.123. The molecule has 5 nitrogen and oxygen atoms in total. The molecule has 0 spiro atoms. The minimum atomic E-state index is -3.87. The predicted molar refractivity (Wildman–Crippen MR) is 121 cm³/mol. The second-order valence-electron chi connectivity index (χ2n) is 8.22. The zero-order chi connectivity index (χ0) is 21.6. The molecule has 0 bridgehead atoms. The molecule has 2 aromatic rings. The van der Waals surface area contributed by atoms with Gasteiger partial charge in [0.2, 0.25) is 5.91 Å². The van der Waals surface area contributed by atoms with E-state index in [2.05, 4.69) is 5.32 Å². The Morgan fingerprint density at radius 3 is 2.23 bits per heavy atom. The maximum absolute atomic E-state index is 13.4. The van der Waals surface area contributed by atoms with Gasteiger partial charge in [0.1, 0.15) is 6.54 Å². The SMILES string of the molecule is Cc1ccc(N(CC(=O)NC2CCCCCCC2)S(=O)(=O)c2ccccc2)c(C)c1. The Hall–Kier alpha value is -2.34. The molecule has 3 rings (SSSR count). The van der Waals surface area contributed by atoms with Crippen LogP contribution in [0.15, 0.2) is 53.4 Å². The number of aryl methyl sites for hydroxylation is 2. The van der Waals surface area contributed by atoms with Crippen LogP contribution in [-0.2, 0) is 14.8 Å². The van der Waals surface area contributed by atoms with Crippen molar-refractivity contribution < 1.29 is 13.2 Å². The molecule has 0 saturated heterocycles. The highest BCUT2D eigenvalue weighted by atomic mass is 32.2. The van der Waals surface area contributed by atoms with Crippen molar-refractivity contribution >= 4 is 21.6 Å². The van der Waals surface area contributed by atoms with Crippen LogP contribution >= 0.6 is 0 Å². The monoisotopic (exact) mass is 428 g/mol. The number of hydrogen-bond donors (Lipinski definition) is 1. The number of amides is 1. The van der Waals surface area contributed by atoms with Gasteiger partial charge in [-0.15, -0.1) is 0 Å². The van der Waals surface area contributed by atoms with Crippen LogP contribution in [0.4, 0.5) is 5.69 Å². The first kappa shape index (κ1) is 22.3. The Balaban J connectivity index is 1.87. The molecule has 2 aromatic carbocycles. The maximum atomic E-state index is 13.4. The molecule has 1 aliphatic rings. The van der Waals surface area contributed by atoms with Crippen LogP contribution < -0.4 is 9.62 Å². The van der Waals surface area contributed by atoms with Gasteiger partial charge in [-0.3, -0.25) is 9.10 Å². The number of carbonyl (C=O) groups is 1. The number of nitrogens with one attached hydrogen (secondary N) is 1. The van der Waals surface area contributed by atoms with E-state index in [1.165, 1.54) is 23.6 Å². The summed E-state index contributed by atoms with van der Waals surface area (Å²) in [5.41, 5.74) is 2.41. The van der Waals surface area contributed by atoms with E-state index in [1.807, 2.05) is 26.0 Å². The van der Waals surface area contributed by atoms with E-state index in [0.717, 1.165) is 36.8 Å². The Morgan fingerprint density at radius 2 is 1.60 bits per heavy atom. The molecular formula is C24H32N2O3S. The lowest BCUT2D eigenvalue weighted by atomic mass is 9.97. The first-order chi connectivity index (χ1) is 14.4. The van der Waals surface area contributed by atoms with E-state index in [4.69, 9.17) is 0 Å². The van der Waals surface area contributed by atoms with E-state index in [1.54, 1.807) is 36.4 Å². The zero-order valence-electron chi connectivity index (χ0n) is 17.9. The second-order valence-corrected chi connectivity index (χ2v) is 10.1. The first-order valence-electron chi connectivity index (χ1n) is 10.8. The van der Waals surface area contributed by atoms with Crippen LogP contribution in [0.5, 0.6) is 0 Å². The van der Waals surface area contributed by atoms with E-state index in [-0.39, 0.29) is 23.4 Å². The molecule has 6 heteroatoms. The smallest absolute Gasteiger partial charge is 0.264 e. The Morgan fingerprint density at radius 1 is 0.967 bits per heavy atom. The molecule has 1 aliphatic carbocycles. The summed E-state index contributed by atoms with van der Waals surface area (Å²) in [6, 6.07) is 14.0. The Kier molecular flexibility index (Phi) is 7.53. The van der Waals surface area contributed by atoms with Gasteiger partial charge in [0.25, 0.3) is 10.0 Å². The number of benzene rings is 2. The summed E-state index contributed by atoms with van der Waals surface area (Å²) in [5.74, 6) is -0.250. The highest BCUT2D eigenvalue weighted by Crippen LogP contribution is 2.27. The standard InChI is InChI=1S/C24H32N2O3S/c1-19-15-16-23(20(2)17-19)26(30(28,29)22-13-9-6-10-14-22)18-24(27)25-21-11-7-4-3-5-8-12-21/h6,9-10,13-17,21H,3-5,7-8,11-12,18H2,1-2H3,(H,25,27). The highest BCUT2D eigenvalue weighted by molar-refractivity contribution is 7.92. The Bertz CT molecular complexity index is 950. The van der Waals surface area contributed by atoms with Crippen molar-refractivity contribution in [2.24, 2.45) is 0 Å². The zero-order valence-corrected chi connectivity index (χ0v) is 18.7. The number of sulfonamides is 1. The summed E-state index contributed by atoms with van der Waals surface area (Å²) >= 11 is 0. The fraction of sp³-hybridized carbons (Fsp3) is 0.458. The lowest BCUT2D eigenvalue weighted by Crippen LogP contribution is -2.44. The summed E-state index contributed by atoms with van der Waals surface area (Å²) in [6.45, 7) is 3.62. The third-order valence-corrected chi connectivity index (χ3v) is 7.48. The van der Waals surface area contributed by atoms with Gasteiger partial charge >= 0.3 is 0 Å². The molecule has 0 aromatic heterocycles. The van der Waals surface area contributed by atoms with Gasteiger partial charge in [0.15, 0.2) is 0 Å². The van der Waals surface area contributed by atoms with Crippen molar-refractivity contribution in [1.82, 2.24) is 5.32 Å². The maximum Gasteiger partial charge on any atom is 0.264 e. The average molecular weight is 429 g/mol. The van der Waals surface area contributed by atoms with Crippen molar-refractivity contribution in [3.8, 4) is 0 Å². The molecular weight excluding hydrogens is 396 g/mol. The average Bonchev–Trinajstić information content (AvgIpc) is 2.69. The van der Waals surface area contributed by atoms with E-state index < -0.39 is 10.0 Å². The lowest BCUT2D eigenvalue weighted by molar-refractivity contribution is -0.120. The number of nitrogens with zero attached hydrogens (tertiary/aromatic N) is 1. The number of hydrogen-bond acceptors (Lipinski definition) is 3. The van der Waals surface area contributed by atoms with Crippen molar-refractivity contribution in [3.05, 3.63) is 59.7 Å². The summed E-state index contributed by atoms with van der Waals surface area (Å²) in [6.07, 6.45) is 7.78. The molecule has 1 fully saturated rings. The van der Waals surface area contributed by atoms with Gasteiger partial charge in [-0.05, 0) is 50.5 Å². The van der Waals surface area contributed by atoms with Crippen molar-refractivity contribution in [1.29, 1.82) is 0 Å². The molecule has 1 amide bonds. The Labute approximate surface area is 180 Å². The number of carbonyl (C=O) groups excluding carboxylic acids is 1. The van der Waals surface area contributed by atoms with Crippen molar-refractivity contribution in [3.63, 3.8) is 0 Å². The predicted octanol–water partition coefficient (Wildman–Crippen LogP) is 4.73. The van der Waals surface area contributed by atoms with Gasteiger partial charge in [-0.2, -0.15) is 0 Å². The van der Waals surface area contributed by atoms with Crippen LogP contribution in [-0.4, -0.2) is 26.9 Å². The number of anilines is 1. The quantitative estimate of drug-likeness (QED) is 0.723. The highest BCUT2D eigenvalue weighted by Gasteiger charge is 2.28. The fourth-order valence-electron chi connectivity index (χ4n) is 4.11. The summed E-state index contributed by atoms with van der Waals surface area (Å²) in [4.78, 5) is 13.1. The second kappa shape index (κ2) is 10.1. The van der Waals surface area contributed by atoms with Crippen molar-refractivity contribution in [2.75, 3.05) is 10.8 Å². The van der Waals surface area contributed by atoms with Crippen LogP contribution in [0.1, 0.15) is 56.1 Å². The molecule has 0 heterocycles. The summed E-state index contributed by atoms with van der Waals surface area (Å²) in [7, 11) is -3.87. The first-order valence-corrected chi connectivity index (χ1v) is 12.3. The molecule has 1 saturated carbocycles.